The Bertz CT molecular complexity index is 857. The summed E-state index contributed by atoms with van der Waals surface area (Å²) in [5, 5.41) is 9.90. The highest BCUT2D eigenvalue weighted by molar-refractivity contribution is 5.92. The molecule has 0 unspecified atom stereocenters. The van der Waals surface area contributed by atoms with Crippen molar-refractivity contribution in [3.63, 3.8) is 0 Å². The normalized spacial score (nSPS) is 10.7. The number of carbonyl (C=O) groups excluding carboxylic acids is 1. The Labute approximate surface area is 129 Å². The molecule has 0 spiro atoms. The topological polar surface area (TPSA) is 81.2 Å². The number of aromatic nitrogens is 2. The molecule has 0 aliphatic heterocycles. The number of nitrogens with one attached hydrogen (secondary N) is 1. The number of aryl methyl sites for hydroxylation is 1. The fourth-order valence-electron chi connectivity index (χ4n) is 1.95. The number of amides is 1. The van der Waals surface area contributed by atoms with Gasteiger partial charge in [0.2, 0.25) is 0 Å². The van der Waals surface area contributed by atoms with E-state index in [1.54, 1.807) is 6.92 Å². The summed E-state index contributed by atoms with van der Waals surface area (Å²) >= 11 is 0. The van der Waals surface area contributed by atoms with Crippen LogP contribution in [0.2, 0.25) is 0 Å². The van der Waals surface area contributed by atoms with E-state index >= 15 is 0 Å². The smallest absolute Gasteiger partial charge is 0.273 e. The van der Waals surface area contributed by atoms with E-state index in [2.05, 4.69) is 15.6 Å². The van der Waals surface area contributed by atoms with Crippen LogP contribution in [-0.4, -0.2) is 16.2 Å². The summed E-state index contributed by atoms with van der Waals surface area (Å²) in [4.78, 5) is 11.8. The molecule has 2 heterocycles. The van der Waals surface area contributed by atoms with Crippen LogP contribution >= 0.6 is 0 Å². The van der Waals surface area contributed by atoms with Gasteiger partial charge in [0.15, 0.2) is 11.5 Å². The molecule has 0 saturated carbocycles. The molecule has 8 heteroatoms. The van der Waals surface area contributed by atoms with Crippen LogP contribution in [0.1, 0.15) is 21.9 Å². The Morgan fingerprint density at radius 3 is 2.70 bits per heavy atom. The Balaban J connectivity index is 1.69. The molecule has 3 aromatic rings. The van der Waals surface area contributed by atoms with E-state index in [0.717, 1.165) is 12.1 Å². The zero-order valence-corrected chi connectivity index (χ0v) is 12.0. The van der Waals surface area contributed by atoms with Gasteiger partial charge in [-0.25, -0.2) is 8.78 Å². The Morgan fingerprint density at radius 2 is 2.00 bits per heavy atom. The number of hydrogen-bond donors (Lipinski definition) is 1. The summed E-state index contributed by atoms with van der Waals surface area (Å²) < 4.78 is 36.4. The van der Waals surface area contributed by atoms with Crippen molar-refractivity contribution in [2.24, 2.45) is 0 Å². The molecule has 1 aromatic carbocycles. The van der Waals surface area contributed by atoms with E-state index in [1.807, 2.05) is 0 Å². The molecule has 0 radical (unpaired) electrons. The Morgan fingerprint density at radius 1 is 1.17 bits per heavy atom. The fraction of sp³-hybridized carbons (Fsp3) is 0.133. The van der Waals surface area contributed by atoms with Crippen LogP contribution in [0.4, 0.5) is 8.78 Å². The monoisotopic (exact) mass is 319 g/mol. The maximum Gasteiger partial charge on any atom is 0.273 e. The van der Waals surface area contributed by atoms with Gasteiger partial charge in [0.1, 0.15) is 23.1 Å². The second-order valence-electron chi connectivity index (χ2n) is 4.81. The third kappa shape index (κ3) is 3.25. The highest BCUT2D eigenvalue weighted by atomic mass is 19.1. The number of halogens is 2. The number of carbonyl (C=O) groups is 1. The van der Waals surface area contributed by atoms with Crippen molar-refractivity contribution in [2.75, 3.05) is 0 Å². The molecular formula is C15H11F2N3O3. The predicted octanol–water partition coefficient (Wildman–Crippen LogP) is 2.85. The second-order valence-corrected chi connectivity index (χ2v) is 4.81. The number of benzene rings is 1. The molecule has 0 fully saturated rings. The largest absolute Gasteiger partial charge is 0.361 e. The van der Waals surface area contributed by atoms with Gasteiger partial charge in [-0.2, -0.15) is 0 Å². The Hall–Kier alpha value is -3.03. The first-order chi connectivity index (χ1) is 11.0. The van der Waals surface area contributed by atoms with Crippen LogP contribution in [0.3, 0.4) is 0 Å². The van der Waals surface area contributed by atoms with Gasteiger partial charge in [-0.1, -0.05) is 10.3 Å². The van der Waals surface area contributed by atoms with Crippen molar-refractivity contribution in [3.8, 4) is 11.3 Å². The van der Waals surface area contributed by atoms with Gasteiger partial charge in [-0.05, 0) is 19.1 Å². The zero-order valence-electron chi connectivity index (χ0n) is 12.0. The van der Waals surface area contributed by atoms with Crippen molar-refractivity contribution in [1.29, 1.82) is 0 Å². The summed E-state index contributed by atoms with van der Waals surface area (Å²) in [6.45, 7) is 1.74. The molecule has 0 atom stereocenters. The highest BCUT2D eigenvalue weighted by Gasteiger charge is 2.14. The molecule has 2 aromatic heterocycles. The van der Waals surface area contributed by atoms with Gasteiger partial charge in [0, 0.05) is 18.2 Å². The van der Waals surface area contributed by atoms with E-state index in [9.17, 15) is 13.6 Å². The summed E-state index contributed by atoms with van der Waals surface area (Å²) in [5.74, 6) is -1.20. The number of nitrogens with zero attached hydrogens (tertiary/aromatic N) is 2. The molecule has 0 aliphatic rings. The van der Waals surface area contributed by atoms with E-state index in [1.165, 1.54) is 18.2 Å². The standard InChI is InChI=1S/C15H11F2N3O3/c1-8-4-13(20-22-8)15(21)18-7-10-6-14(23-19-10)11-3-2-9(16)5-12(11)17/h2-6H,7H2,1H3,(H,18,21). The molecule has 3 rings (SSSR count). The Kier molecular flexibility index (Phi) is 3.88. The summed E-state index contributed by atoms with van der Waals surface area (Å²) in [7, 11) is 0. The van der Waals surface area contributed by atoms with E-state index in [-0.39, 0.29) is 23.6 Å². The first kappa shape index (κ1) is 14.9. The van der Waals surface area contributed by atoms with Crippen molar-refractivity contribution in [1.82, 2.24) is 15.6 Å². The second kappa shape index (κ2) is 5.99. The van der Waals surface area contributed by atoms with Crippen LogP contribution < -0.4 is 5.32 Å². The minimum Gasteiger partial charge on any atom is -0.361 e. The maximum atomic E-state index is 13.7. The lowest BCUT2D eigenvalue weighted by Gasteiger charge is -1.98. The molecule has 23 heavy (non-hydrogen) atoms. The first-order valence-electron chi connectivity index (χ1n) is 6.65. The van der Waals surface area contributed by atoms with Crippen LogP contribution in [-0.2, 0) is 6.54 Å². The van der Waals surface area contributed by atoms with Gasteiger partial charge < -0.3 is 14.4 Å². The van der Waals surface area contributed by atoms with Crippen molar-refractivity contribution in [3.05, 3.63) is 59.1 Å². The van der Waals surface area contributed by atoms with E-state index in [0.29, 0.717) is 11.5 Å². The molecule has 0 saturated heterocycles. The molecule has 1 amide bonds. The number of hydrogen-bond acceptors (Lipinski definition) is 5. The molecule has 0 bridgehead atoms. The zero-order chi connectivity index (χ0) is 16.4. The first-order valence-corrected chi connectivity index (χ1v) is 6.65. The summed E-state index contributed by atoms with van der Waals surface area (Å²) in [6.07, 6.45) is 0. The average Bonchev–Trinajstić information content (AvgIpc) is 3.14. The van der Waals surface area contributed by atoms with Gasteiger partial charge in [0.05, 0.1) is 12.1 Å². The maximum absolute atomic E-state index is 13.7. The summed E-state index contributed by atoms with van der Waals surface area (Å²) in [5.41, 5.74) is 0.622. The van der Waals surface area contributed by atoms with Crippen LogP contribution in [0.5, 0.6) is 0 Å². The highest BCUT2D eigenvalue weighted by Crippen LogP contribution is 2.24. The van der Waals surface area contributed by atoms with Gasteiger partial charge in [-0.3, -0.25) is 4.79 Å². The van der Waals surface area contributed by atoms with Crippen molar-refractivity contribution < 1.29 is 22.6 Å². The molecule has 1 N–H and O–H groups in total. The molecule has 0 aliphatic carbocycles. The van der Waals surface area contributed by atoms with Gasteiger partial charge in [0.25, 0.3) is 5.91 Å². The minimum absolute atomic E-state index is 0.0665. The van der Waals surface area contributed by atoms with E-state index in [4.69, 9.17) is 9.05 Å². The average molecular weight is 319 g/mol. The third-order valence-electron chi connectivity index (χ3n) is 3.05. The molecule has 118 valence electrons. The van der Waals surface area contributed by atoms with Crippen LogP contribution in [0.15, 0.2) is 39.4 Å². The lowest BCUT2D eigenvalue weighted by atomic mass is 10.1. The predicted molar refractivity (Wildman–Crippen MR) is 74.3 cm³/mol. The minimum atomic E-state index is -0.755. The van der Waals surface area contributed by atoms with Crippen molar-refractivity contribution in [2.45, 2.75) is 13.5 Å². The van der Waals surface area contributed by atoms with Crippen LogP contribution in [0.25, 0.3) is 11.3 Å². The molecule has 6 nitrogen and oxygen atoms in total. The SMILES string of the molecule is Cc1cc(C(=O)NCc2cc(-c3ccc(F)cc3F)on2)no1. The lowest BCUT2D eigenvalue weighted by molar-refractivity contribution is 0.0941. The van der Waals surface area contributed by atoms with Gasteiger partial charge in [-0.15, -0.1) is 0 Å². The molecular weight excluding hydrogens is 308 g/mol. The number of rotatable bonds is 4. The van der Waals surface area contributed by atoms with Gasteiger partial charge >= 0.3 is 0 Å². The van der Waals surface area contributed by atoms with E-state index < -0.39 is 17.5 Å². The quantitative estimate of drug-likeness (QED) is 0.799. The lowest BCUT2D eigenvalue weighted by Crippen LogP contribution is -2.23. The summed E-state index contributed by atoms with van der Waals surface area (Å²) in [6, 6.07) is 6.09. The van der Waals surface area contributed by atoms with Crippen LogP contribution in [0, 0.1) is 18.6 Å². The third-order valence-corrected chi connectivity index (χ3v) is 3.05. The van der Waals surface area contributed by atoms with Crippen molar-refractivity contribution >= 4 is 5.91 Å². The fourth-order valence-corrected chi connectivity index (χ4v) is 1.95.